The summed E-state index contributed by atoms with van der Waals surface area (Å²) in [7, 11) is 0. The molecule has 3 aliphatic heterocycles. The van der Waals surface area contributed by atoms with Crippen LogP contribution in [0, 0.1) is 0 Å². The molecule has 1 amide bonds. The molecule has 0 aromatic carbocycles. The van der Waals surface area contributed by atoms with Crippen LogP contribution in [0.2, 0.25) is 0 Å². The Hall–Kier alpha value is -3.29. The zero-order valence-electron chi connectivity index (χ0n) is 64.5. The number of unbranched alkanes of at least 4 members (excludes halogenated alkanes) is 33. The average molecular weight is 1470 g/mol. The van der Waals surface area contributed by atoms with Gasteiger partial charge in [0.05, 0.1) is 38.6 Å². The van der Waals surface area contributed by atoms with E-state index in [-0.39, 0.29) is 18.9 Å². The van der Waals surface area contributed by atoms with Crippen molar-refractivity contribution in [3.05, 3.63) is 97.2 Å². The monoisotopic (exact) mass is 1470 g/mol. The number of rotatable bonds is 65. The number of nitrogens with one attached hydrogen (secondary N) is 1. The van der Waals surface area contributed by atoms with Gasteiger partial charge >= 0.3 is 0 Å². The molecule has 0 spiro atoms. The normalized spacial score (nSPS) is 26.4. The van der Waals surface area contributed by atoms with Gasteiger partial charge in [0.15, 0.2) is 18.9 Å². The zero-order chi connectivity index (χ0) is 75.3. The van der Waals surface area contributed by atoms with E-state index in [0.29, 0.717) is 12.8 Å². The summed E-state index contributed by atoms with van der Waals surface area (Å²) in [5.74, 6) is -0.243. The van der Waals surface area contributed by atoms with E-state index in [1.165, 1.54) is 167 Å². The van der Waals surface area contributed by atoms with E-state index in [4.69, 9.17) is 28.4 Å². The fourth-order valence-electron chi connectivity index (χ4n) is 13.6. The van der Waals surface area contributed by atoms with E-state index in [1.54, 1.807) is 0 Å². The molecule has 17 unspecified atom stereocenters. The van der Waals surface area contributed by atoms with Crippen LogP contribution in [-0.4, -0.2) is 193 Å². The predicted octanol–water partition coefficient (Wildman–Crippen LogP) is 14.3. The van der Waals surface area contributed by atoms with Crippen LogP contribution < -0.4 is 5.32 Å². The summed E-state index contributed by atoms with van der Waals surface area (Å²) in [6, 6.07) is -0.893. The number of hydrogen-bond acceptors (Lipinski definition) is 18. The minimum Gasteiger partial charge on any atom is -0.394 e. The van der Waals surface area contributed by atoms with Gasteiger partial charge < -0.3 is 89.9 Å². The maximum atomic E-state index is 13.5. The molecule has 0 radical (unpaired) electrons. The predicted molar refractivity (Wildman–Crippen MR) is 415 cm³/mol. The number of hydrogen-bond donors (Lipinski definition) is 12. The molecule has 3 heterocycles. The maximum absolute atomic E-state index is 13.5. The smallest absolute Gasteiger partial charge is 0.220 e. The molecule has 3 aliphatic rings. The van der Waals surface area contributed by atoms with Gasteiger partial charge in [-0.05, 0) is 77.0 Å². The minimum absolute atomic E-state index is 0.243. The van der Waals surface area contributed by atoms with Gasteiger partial charge in [-0.25, -0.2) is 0 Å². The highest BCUT2D eigenvalue weighted by atomic mass is 16.8. The van der Waals surface area contributed by atoms with Gasteiger partial charge in [-0.3, -0.25) is 4.79 Å². The van der Waals surface area contributed by atoms with E-state index in [2.05, 4.69) is 116 Å². The largest absolute Gasteiger partial charge is 0.394 e. The highest BCUT2D eigenvalue weighted by Gasteiger charge is 2.54. The lowest BCUT2D eigenvalue weighted by Gasteiger charge is -2.48. The Labute approximate surface area is 628 Å². The molecule has 17 atom stereocenters. The first-order valence-corrected chi connectivity index (χ1v) is 41.5. The van der Waals surface area contributed by atoms with Crippen molar-refractivity contribution in [2.45, 2.75) is 407 Å². The molecule has 0 aromatic rings. The Bertz CT molecular complexity index is 2260. The molecule has 3 saturated heterocycles. The van der Waals surface area contributed by atoms with Gasteiger partial charge in [-0.15, -0.1) is 0 Å². The number of aliphatic hydroxyl groups is 11. The third-order valence-corrected chi connectivity index (χ3v) is 20.2. The van der Waals surface area contributed by atoms with Crippen molar-refractivity contribution in [3.8, 4) is 0 Å². The first-order chi connectivity index (χ1) is 50.8. The Kier molecular flexibility index (Phi) is 58.9. The van der Waals surface area contributed by atoms with E-state index in [0.717, 1.165) is 103 Å². The van der Waals surface area contributed by atoms with Crippen LogP contribution in [-0.2, 0) is 33.2 Å². The molecule has 0 saturated carbocycles. The second-order valence-electron chi connectivity index (χ2n) is 29.2. The van der Waals surface area contributed by atoms with E-state index in [9.17, 15) is 61.0 Å². The van der Waals surface area contributed by atoms with E-state index < -0.39 is 124 Å². The molecule has 0 aromatic heterocycles. The van der Waals surface area contributed by atoms with Gasteiger partial charge in [-0.2, -0.15) is 0 Å². The van der Waals surface area contributed by atoms with E-state index >= 15 is 0 Å². The van der Waals surface area contributed by atoms with Crippen molar-refractivity contribution in [1.29, 1.82) is 0 Å². The molecule has 602 valence electrons. The van der Waals surface area contributed by atoms with Gasteiger partial charge in [0.2, 0.25) is 5.91 Å². The lowest BCUT2D eigenvalue weighted by Crippen LogP contribution is -2.66. The second kappa shape index (κ2) is 64.5. The summed E-state index contributed by atoms with van der Waals surface area (Å²) in [5, 5.41) is 121. The SMILES string of the molecule is CC/C=C\C/C=C\C/C=C\C/C=C\C/C=C\C/C=C\C/C=C\C/C=C\CCCCCCCCCCCCCCCCC(=O)NC(COC1OC(CO)C(OC2OC(CO)C(OC3OC(CO)C(O)C(O)C3O)C(O)C2O)C(O)C1O)C(O)CCCCCCCCCCCCCCCCCCCCCC. The van der Waals surface area contributed by atoms with Crippen LogP contribution in [0.4, 0.5) is 0 Å². The summed E-state index contributed by atoms with van der Waals surface area (Å²) < 4.78 is 34.5. The number of aliphatic hydroxyl groups excluding tert-OH is 11. The van der Waals surface area contributed by atoms with Gasteiger partial charge in [0.25, 0.3) is 0 Å². The van der Waals surface area contributed by atoms with Crippen LogP contribution >= 0.6 is 0 Å². The van der Waals surface area contributed by atoms with Gasteiger partial charge in [0, 0.05) is 6.42 Å². The van der Waals surface area contributed by atoms with Gasteiger partial charge in [-0.1, -0.05) is 317 Å². The van der Waals surface area contributed by atoms with E-state index in [1.807, 2.05) is 0 Å². The zero-order valence-corrected chi connectivity index (χ0v) is 64.5. The van der Waals surface area contributed by atoms with Crippen LogP contribution in [0.5, 0.6) is 0 Å². The van der Waals surface area contributed by atoms with Crippen LogP contribution in [0.3, 0.4) is 0 Å². The first kappa shape index (κ1) is 94.9. The molecule has 0 bridgehead atoms. The van der Waals surface area contributed by atoms with Crippen molar-refractivity contribution in [3.63, 3.8) is 0 Å². The Balaban J connectivity index is 1.33. The third-order valence-electron chi connectivity index (χ3n) is 20.2. The van der Waals surface area contributed by atoms with Crippen LogP contribution in [0.1, 0.15) is 303 Å². The molecular weight excluding hydrogens is 1320 g/mol. The quantitative estimate of drug-likeness (QED) is 0.0199. The molecule has 12 N–H and O–H groups in total. The number of amides is 1. The topological polar surface area (TPSA) is 307 Å². The Morgan fingerprint density at radius 3 is 1.04 bits per heavy atom. The average Bonchev–Trinajstić information content (AvgIpc) is 0.783. The van der Waals surface area contributed by atoms with Crippen LogP contribution in [0.25, 0.3) is 0 Å². The number of carbonyl (C=O) groups excluding carboxylic acids is 1. The summed E-state index contributed by atoms with van der Waals surface area (Å²) in [6.07, 6.45) is 60.6. The molecule has 0 aliphatic carbocycles. The number of ether oxygens (including phenoxy) is 6. The number of carbonyl (C=O) groups is 1. The lowest BCUT2D eigenvalue weighted by atomic mass is 9.96. The minimum atomic E-state index is -1.98. The van der Waals surface area contributed by atoms with Crippen molar-refractivity contribution in [2.24, 2.45) is 0 Å². The molecule has 104 heavy (non-hydrogen) atoms. The highest BCUT2D eigenvalue weighted by Crippen LogP contribution is 2.33. The molecular formula is C85H149NO18. The fraction of sp³-hybridized carbons (Fsp3) is 0.800. The Morgan fingerprint density at radius 1 is 0.356 bits per heavy atom. The molecule has 19 nitrogen and oxygen atoms in total. The van der Waals surface area contributed by atoms with Crippen molar-refractivity contribution >= 4 is 5.91 Å². The summed E-state index contributed by atoms with van der Waals surface area (Å²) >= 11 is 0. The highest BCUT2D eigenvalue weighted by molar-refractivity contribution is 5.76. The lowest BCUT2D eigenvalue weighted by molar-refractivity contribution is -0.379. The third kappa shape index (κ3) is 43.8. The summed E-state index contributed by atoms with van der Waals surface area (Å²) in [6.45, 7) is 1.71. The summed E-state index contributed by atoms with van der Waals surface area (Å²) in [5.41, 5.74) is 0. The van der Waals surface area contributed by atoms with Crippen LogP contribution in [0.15, 0.2) is 97.2 Å². The molecule has 19 heteroatoms. The fourth-order valence-corrected chi connectivity index (χ4v) is 13.6. The van der Waals surface area contributed by atoms with Crippen molar-refractivity contribution in [1.82, 2.24) is 5.32 Å². The summed E-state index contributed by atoms with van der Waals surface area (Å²) in [4.78, 5) is 13.5. The standard InChI is InChI=1S/C85H149NO18/c1-3-5-7-9-11-13-15-17-19-21-23-25-26-27-28-29-30-31-32-33-34-35-36-37-38-39-40-41-42-43-45-47-49-51-53-55-57-59-61-63-73(91)86-68(69(90)62-60-58-56-54-52-50-48-46-44-24-22-20-18-16-14-12-10-8-6-4-2)67-99-83-79(97)76(94)81(71(65-88)101-83)104-85-80(98)77(95)82(72(66-89)102-85)103-84-78(96)75(93)74(92)70(64-87)100-84/h5,7,11,13,17,19,23,25,27-28,30-31,33-34,36-37,68-72,74-85,87-90,92-98H,3-4,6,8-10,12,14-16,18,20-22,24,26,29,32,35,38-67H2,1-2H3,(H,86,91)/b7-5-,13-11-,19-17-,25-23-,28-27-,31-30-,34-33-,37-36-. The first-order valence-electron chi connectivity index (χ1n) is 41.5. The molecule has 3 fully saturated rings. The molecule has 3 rings (SSSR count). The number of allylic oxidation sites excluding steroid dienone is 16. The Morgan fingerprint density at radius 2 is 0.663 bits per heavy atom. The van der Waals surface area contributed by atoms with Gasteiger partial charge in [0.1, 0.15) is 73.2 Å². The van der Waals surface area contributed by atoms with Crippen molar-refractivity contribution < 1.29 is 89.4 Å². The maximum Gasteiger partial charge on any atom is 0.220 e. The second-order valence-corrected chi connectivity index (χ2v) is 29.2. The van der Waals surface area contributed by atoms with Crippen molar-refractivity contribution in [2.75, 3.05) is 26.4 Å².